The molecule has 89 heavy (non-hydrogen) atoms. The Hall–Kier alpha value is -6.37. The maximum Gasteiger partial charge on any atom is 1.00 e. The third-order valence-corrected chi connectivity index (χ3v) is 21.3. The van der Waals surface area contributed by atoms with Gasteiger partial charge in [0.25, 0.3) is 11.8 Å². The number of H-pyrrole nitrogens is 1. The molecule has 0 fully saturated rings. The first kappa shape index (κ1) is 68.5. The number of nitrogens with two attached hydrogens (primary N) is 3. The van der Waals surface area contributed by atoms with Crippen molar-refractivity contribution in [1.29, 1.82) is 0 Å². The number of aromatic amines is 1. The van der Waals surface area contributed by atoms with Crippen molar-refractivity contribution in [1.82, 2.24) is 42.7 Å². The third-order valence-electron chi connectivity index (χ3n) is 17.6. The Kier molecular flexibility index (Phi) is 21.3. The molecular formula is C60H82N15NaO10S3. The fraction of sp³-hybridized carbons (Fsp3) is 0.500. The van der Waals surface area contributed by atoms with E-state index in [9.17, 15) is 44.7 Å². The van der Waals surface area contributed by atoms with Gasteiger partial charge in [0.2, 0.25) is 30.1 Å². The Morgan fingerprint density at radius 3 is 1.22 bits per heavy atom. The summed E-state index contributed by atoms with van der Waals surface area (Å²) in [6.07, 6.45) is 9.79. The minimum absolute atomic E-state index is 0. The summed E-state index contributed by atoms with van der Waals surface area (Å²) in [6.45, 7) is 16.4. The first-order chi connectivity index (χ1) is 41.5. The standard InChI is InChI=1S/2C20H27N5O3S.C13H17NO2.C7H12N4O2S.Na/c2*1-4-13-9-12(2)18-16(10-13)14(5-7-22-18)20(26)25-19(21)15-6-8-24(29(3,27)28)11-17(15)23-25;1-3-9-6-8(2)12-11(7-9)10(13(15)16)4-5-14-12;1-14(12,13)11-3-2-5-6(4-11)9-10-7(5)8;/h2*9-10,14,22H,4-8,11,21H2,1-3H3;6-7,10,14H,3-5H2,1-2H3,(H,15,16);2-4H2,1H3,(H3,8,9,10);/q;;;;+1/p-1/t2*14-;;;/m10.../s1. The maximum absolute atomic E-state index is 13.5. The monoisotopic (exact) mass is 1290 g/mol. The first-order valence-electron chi connectivity index (χ1n) is 29.8. The van der Waals surface area contributed by atoms with E-state index in [1.165, 1.54) is 57.7 Å². The van der Waals surface area contributed by atoms with Crippen LogP contribution in [-0.2, 0) is 93.0 Å². The van der Waals surface area contributed by atoms with Gasteiger partial charge in [0, 0.05) is 84.9 Å². The molecule has 9 heterocycles. The maximum atomic E-state index is 13.5. The van der Waals surface area contributed by atoms with Crippen molar-refractivity contribution in [2.45, 2.75) is 137 Å². The van der Waals surface area contributed by atoms with Gasteiger partial charge in [0.15, 0.2) is 0 Å². The molecule has 6 aromatic rings. The number of aryl methyl sites for hydroxylation is 6. The van der Waals surface area contributed by atoms with E-state index in [0.717, 1.165) is 92.1 Å². The summed E-state index contributed by atoms with van der Waals surface area (Å²) in [5, 5.41) is 36.7. The molecule has 10 N–H and O–H groups in total. The Morgan fingerprint density at radius 2 is 0.876 bits per heavy atom. The Morgan fingerprint density at radius 1 is 0.539 bits per heavy atom. The van der Waals surface area contributed by atoms with Crippen LogP contribution in [0.1, 0.15) is 151 Å². The molecule has 0 spiro atoms. The third kappa shape index (κ3) is 14.7. The molecule has 1 unspecified atom stereocenters. The van der Waals surface area contributed by atoms with E-state index in [0.29, 0.717) is 113 Å². The van der Waals surface area contributed by atoms with Gasteiger partial charge in [-0.3, -0.25) is 14.7 Å². The van der Waals surface area contributed by atoms with Crippen LogP contribution in [0.4, 0.5) is 34.5 Å². The number of carbonyl (C=O) groups is 3. The molecule has 12 rings (SSSR count). The fourth-order valence-electron chi connectivity index (χ4n) is 12.7. The number of carboxylic acids is 1. The van der Waals surface area contributed by atoms with E-state index in [-0.39, 0.29) is 66.3 Å². The van der Waals surface area contributed by atoms with E-state index in [1.807, 2.05) is 13.0 Å². The van der Waals surface area contributed by atoms with Crippen LogP contribution in [0, 0.1) is 20.8 Å². The van der Waals surface area contributed by atoms with Crippen molar-refractivity contribution in [3.05, 3.63) is 120 Å². The zero-order valence-corrected chi connectivity index (χ0v) is 57.0. The van der Waals surface area contributed by atoms with Crippen LogP contribution in [0.2, 0.25) is 0 Å². The summed E-state index contributed by atoms with van der Waals surface area (Å²) in [7, 11) is -9.75. The van der Waals surface area contributed by atoms with Gasteiger partial charge in [-0.25, -0.2) is 25.3 Å². The second-order valence-corrected chi connectivity index (χ2v) is 29.5. The number of aromatic nitrogens is 6. The number of anilines is 6. The summed E-state index contributed by atoms with van der Waals surface area (Å²) >= 11 is 0. The SMILES string of the molecule is CCc1cc(C)c2c(c1)C(C(=O)[O-])CCN2.CCc1cc(C)c2c(c1)[C@@H](C(=O)n1nc3c(c1N)CCN(S(C)(=O)=O)C3)CCN2.CCc1cc(C)c2c(c1)[C@H](C(=O)n1nc3c(c1N)CCN(S(C)(=O)=O)C3)CCN2.CS(=O)(=O)N1CCc2c(N)n[nH]c2C1.[Na+]. The summed E-state index contributed by atoms with van der Waals surface area (Å²) in [6, 6.07) is 12.6. The van der Waals surface area contributed by atoms with Crippen molar-refractivity contribution in [2.75, 3.05) is 91.2 Å². The number of carbonyl (C=O) groups excluding carboxylic acids is 3. The number of hydrogen-bond acceptors (Lipinski definition) is 19. The number of rotatable bonds is 9. The van der Waals surface area contributed by atoms with Crippen LogP contribution in [0.15, 0.2) is 36.4 Å². The Bertz CT molecular complexity index is 3880. The van der Waals surface area contributed by atoms with E-state index in [1.54, 1.807) is 0 Å². The molecule has 0 bridgehead atoms. The van der Waals surface area contributed by atoms with Gasteiger partial charge in [-0.1, -0.05) is 57.2 Å². The molecular weight excluding hydrogens is 1210 g/mol. The molecule has 0 saturated heterocycles. The number of nitrogen functional groups attached to an aromatic ring is 3. The van der Waals surface area contributed by atoms with Crippen molar-refractivity contribution >= 4 is 82.4 Å². The van der Waals surface area contributed by atoms with Crippen molar-refractivity contribution in [3.63, 3.8) is 0 Å². The number of nitrogens with one attached hydrogen (secondary N) is 4. The number of sulfonamides is 3. The number of carboxylic acid groups (broad SMARTS) is 1. The van der Waals surface area contributed by atoms with E-state index in [4.69, 9.17) is 17.2 Å². The van der Waals surface area contributed by atoms with Gasteiger partial charge in [0.05, 0.1) is 67.3 Å². The zero-order valence-electron chi connectivity index (χ0n) is 52.5. The van der Waals surface area contributed by atoms with Crippen LogP contribution in [0.3, 0.4) is 0 Å². The van der Waals surface area contributed by atoms with Crippen LogP contribution in [-0.4, -0.2) is 144 Å². The summed E-state index contributed by atoms with van der Waals surface area (Å²) in [5.74, 6) is -1.23. The van der Waals surface area contributed by atoms with Crippen LogP contribution in [0.25, 0.3) is 0 Å². The first-order valence-corrected chi connectivity index (χ1v) is 35.4. The number of fused-ring (bicyclic) bond motifs is 6. The van der Waals surface area contributed by atoms with Gasteiger partial charge in [-0.2, -0.15) is 37.6 Å². The van der Waals surface area contributed by atoms with E-state index >= 15 is 0 Å². The average Bonchev–Trinajstić information content (AvgIpc) is 2.23. The molecule has 29 heteroatoms. The number of benzene rings is 3. The molecule has 6 aliphatic rings. The molecule has 6 aliphatic heterocycles. The van der Waals surface area contributed by atoms with Crippen molar-refractivity contribution < 1.29 is 74.3 Å². The average molecular weight is 1290 g/mol. The molecule has 3 aromatic heterocycles. The fourth-order valence-corrected chi connectivity index (χ4v) is 15.0. The molecule has 0 amide bonds. The van der Waals surface area contributed by atoms with Crippen LogP contribution < -0.4 is 67.8 Å². The van der Waals surface area contributed by atoms with Gasteiger partial charge < -0.3 is 43.1 Å². The second kappa shape index (κ2) is 27.6. The summed E-state index contributed by atoms with van der Waals surface area (Å²) < 4.78 is 76.8. The largest absolute Gasteiger partial charge is 1.00 e. The van der Waals surface area contributed by atoms with Crippen molar-refractivity contribution in [2.24, 2.45) is 0 Å². The summed E-state index contributed by atoms with van der Waals surface area (Å²) in [5.41, 5.74) is 35.5. The minimum atomic E-state index is -3.32. The quantitative estimate of drug-likeness (QED) is 0.100. The Balaban J connectivity index is 0.000000160. The Labute approximate surface area is 543 Å². The van der Waals surface area contributed by atoms with E-state index in [2.05, 4.69) is 101 Å². The number of nitrogens with zero attached hydrogens (tertiary/aromatic N) is 8. The normalized spacial score (nSPS) is 18.8. The van der Waals surface area contributed by atoms with Gasteiger partial charge in [-0.05, 0) is 129 Å². The molecule has 25 nitrogen and oxygen atoms in total. The molecule has 0 saturated carbocycles. The van der Waals surface area contributed by atoms with Gasteiger partial charge in [-0.15, -0.1) is 0 Å². The molecule has 0 radical (unpaired) electrons. The topological polar surface area (TPSA) is 365 Å². The minimum Gasteiger partial charge on any atom is -0.549 e. The molecule has 0 aliphatic carbocycles. The zero-order chi connectivity index (χ0) is 63.9. The molecule has 3 atom stereocenters. The van der Waals surface area contributed by atoms with E-state index < -0.39 is 42.0 Å². The van der Waals surface area contributed by atoms with Crippen LogP contribution in [0.5, 0.6) is 0 Å². The molecule has 476 valence electrons. The van der Waals surface area contributed by atoms with Crippen LogP contribution >= 0.6 is 0 Å². The predicted molar refractivity (Wildman–Crippen MR) is 339 cm³/mol. The predicted octanol–water partition coefficient (Wildman–Crippen LogP) is 1.31. The number of hydrogen-bond donors (Lipinski definition) is 7. The molecule has 3 aromatic carbocycles. The smallest absolute Gasteiger partial charge is 0.549 e. The second-order valence-electron chi connectivity index (χ2n) is 23.5. The van der Waals surface area contributed by atoms with Gasteiger partial charge >= 0.3 is 29.6 Å². The van der Waals surface area contributed by atoms with Crippen molar-refractivity contribution in [3.8, 4) is 0 Å². The number of aliphatic carboxylic acids is 1. The summed E-state index contributed by atoms with van der Waals surface area (Å²) in [4.78, 5) is 38.0. The van der Waals surface area contributed by atoms with Gasteiger partial charge in [0.1, 0.15) is 17.5 Å².